The summed E-state index contributed by atoms with van der Waals surface area (Å²) >= 11 is 0. The second-order valence-electron chi connectivity index (χ2n) is 4.31. The lowest BCUT2D eigenvalue weighted by Gasteiger charge is -1.99. The number of fused-ring (bicyclic) bond motifs is 1. The predicted molar refractivity (Wildman–Crippen MR) is 65.8 cm³/mol. The monoisotopic (exact) mass is 227 g/mol. The molecule has 3 rings (SSSR count). The topological polar surface area (TPSA) is 54.7 Å². The highest BCUT2D eigenvalue weighted by Crippen LogP contribution is 2.28. The molecular weight excluding hydrogens is 214 g/mol. The van der Waals surface area contributed by atoms with Gasteiger partial charge in [-0.25, -0.2) is 4.98 Å². The highest BCUT2D eigenvalue weighted by molar-refractivity contribution is 5.83. The highest BCUT2D eigenvalue weighted by Gasteiger charge is 2.12. The molecule has 0 bridgehead atoms. The summed E-state index contributed by atoms with van der Waals surface area (Å²) in [6.45, 7) is 5.89. The lowest BCUT2D eigenvalue weighted by Crippen LogP contribution is -1.84. The minimum atomic E-state index is 0.830. The van der Waals surface area contributed by atoms with Crippen LogP contribution in [0.4, 0.5) is 0 Å². The van der Waals surface area contributed by atoms with Gasteiger partial charge < -0.3 is 9.51 Å². The number of nitrogens with one attached hydrogen (secondary N) is 1. The molecule has 0 aromatic carbocycles. The van der Waals surface area contributed by atoms with Gasteiger partial charge in [0, 0.05) is 28.4 Å². The quantitative estimate of drug-likeness (QED) is 0.694. The molecule has 0 atom stereocenters. The molecule has 0 aliphatic rings. The van der Waals surface area contributed by atoms with Gasteiger partial charge in [0.25, 0.3) is 0 Å². The minimum Gasteiger partial charge on any atom is -0.361 e. The Bertz CT molecular complexity index is 674. The number of hydrogen-bond acceptors (Lipinski definition) is 3. The Hall–Kier alpha value is -2.10. The van der Waals surface area contributed by atoms with Crippen LogP contribution in [-0.4, -0.2) is 15.1 Å². The normalized spacial score (nSPS) is 11.2. The number of aromatic nitrogens is 3. The number of hydrogen-bond donors (Lipinski definition) is 1. The largest absolute Gasteiger partial charge is 0.361 e. The Labute approximate surface area is 98.7 Å². The summed E-state index contributed by atoms with van der Waals surface area (Å²) in [5, 5.41) is 5.08. The molecule has 0 radical (unpaired) electrons. The van der Waals surface area contributed by atoms with E-state index in [4.69, 9.17) is 4.52 Å². The van der Waals surface area contributed by atoms with E-state index in [0.717, 1.165) is 39.3 Å². The van der Waals surface area contributed by atoms with E-state index in [9.17, 15) is 0 Å². The molecule has 17 heavy (non-hydrogen) atoms. The van der Waals surface area contributed by atoms with Crippen molar-refractivity contribution in [1.82, 2.24) is 15.1 Å². The third-order valence-corrected chi connectivity index (χ3v) is 2.93. The van der Waals surface area contributed by atoms with Gasteiger partial charge in [-0.1, -0.05) is 5.16 Å². The second kappa shape index (κ2) is 3.45. The SMILES string of the molecule is Cc1cc2cc(-c3c(C)noc3C)cnc2[nH]1. The van der Waals surface area contributed by atoms with Crippen molar-refractivity contribution < 1.29 is 4.52 Å². The second-order valence-corrected chi connectivity index (χ2v) is 4.31. The fourth-order valence-corrected chi connectivity index (χ4v) is 2.18. The summed E-state index contributed by atoms with van der Waals surface area (Å²) in [5.74, 6) is 0.830. The Morgan fingerprint density at radius 1 is 1.18 bits per heavy atom. The summed E-state index contributed by atoms with van der Waals surface area (Å²) in [6.07, 6.45) is 1.85. The van der Waals surface area contributed by atoms with Gasteiger partial charge in [0.05, 0.1) is 5.69 Å². The predicted octanol–water partition coefficient (Wildman–Crippen LogP) is 3.14. The van der Waals surface area contributed by atoms with Crippen molar-refractivity contribution in [3.63, 3.8) is 0 Å². The Balaban J connectivity index is 2.24. The van der Waals surface area contributed by atoms with Crippen LogP contribution in [0.5, 0.6) is 0 Å². The van der Waals surface area contributed by atoms with Crippen LogP contribution in [0.15, 0.2) is 22.9 Å². The summed E-state index contributed by atoms with van der Waals surface area (Å²) in [6, 6.07) is 4.20. The average molecular weight is 227 g/mol. The van der Waals surface area contributed by atoms with Crippen molar-refractivity contribution in [3.8, 4) is 11.1 Å². The van der Waals surface area contributed by atoms with Gasteiger partial charge in [-0.2, -0.15) is 0 Å². The van der Waals surface area contributed by atoms with Crippen molar-refractivity contribution in [1.29, 1.82) is 0 Å². The number of pyridine rings is 1. The molecule has 0 fully saturated rings. The molecule has 0 aliphatic carbocycles. The van der Waals surface area contributed by atoms with Crippen LogP contribution < -0.4 is 0 Å². The number of H-pyrrole nitrogens is 1. The Morgan fingerprint density at radius 3 is 2.71 bits per heavy atom. The first-order valence-electron chi connectivity index (χ1n) is 5.54. The van der Waals surface area contributed by atoms with E-state index in [-0.39, 0.29) is 0 Å². The summed E-state index contributed by atoms with van der Waals surface area (Å²) < 4.78 is 5.18. The molecule has 0 saturated heterocycles. The van der Waals surface area contributed by atoms with Crippen LogP contribution in [0.2, 0.25) is 0 Å². The molecular formula is C13H13N3O. The summed E-state index contributed by atoms with van der Waals surface area (Å²) in [7, 11) is 0. The van der Waals surface area contributed by atoms with Crippen LogP contribution in [-0.2, 0) is 0 Å². The van der Waals surface area contributed by atoms with Crippen molar-refractivity contribution >= 4 is 11.0 Å². The van der Waals surface area contributed by atoms with Gasteiger partial charge in [-0.05, 0) is 32.9 Å². The number of aromatic amines is 1. The molecule has 3 heterocycles. The maximum absolute atomic E-state index is 5.18. The lowest BCUT2D eigenvalue weighted by molar-refractivity contribution is 0.393. The van der Waals surface area contributed by atoms with E-state index in [1.807, 2.05) is 27.0 Å². The third-order valence-electron chi connectivity index (χ3n) is 2.93. The molecule has 3 aromatic heterocycles. The van der Waals surface area contributed by atoms with Crippen LogP contribution in [0, 0.1) is 20.8 Å². The summed E-state index contributed by atoms with van der Waals surface area (Å²) in [5.41, 5.74) is 5.02. The zero-order chi connectivity index (χ0) is 12.0. The molecule has 0 spiro atoms. The van der Waals surface area contributed by atoms with Crippen molar-refractivity contribution in [2.75, 3.05) is 0 Å². The Kier molecular flexibility index (Phi) is 2.04. The molecule has 0 saturated carbocycles. The standard InChI is InChI=1S/C13H13N3O/c1-7-4-10-5-11(6-14-13(10)15-7)12-8(2)16-17-9(12)3/h4-6H,1-3H3,(H,14,15). The van der Waals surface area contributed by atoms with Crippen LogP contribution in [0.25, 0.3) is 22.2 Å². The molecule has 86 valence electrons. The molecule has 1 N–H and O–H groups in total. The van der Waals surface area contributed by atoms with Gasteiger partial charge in [-0.3, -0.25) is 0 Å². The van der Waals surface area contributed by atoms with Crippen molar-refractivity contribution in [2.24, 2.45) is 0 Å². The van der Waals surface area contributed by atoms with Crippen LogP contribution in [0.1, 0.15) is 17.1 Å². The van der Waals surface area contributed by atoms with Crippen LogP contribution in [0.3, 0.4) is 0 Å². The smallest absolute Gasteiger partial charge is 0.141 e. The molecule has 0 unspecified atom stereocenters. The zero-order valence-corrected chi connectivity index (χ0v) is 10.0. The molecule has 4 nitrogen and oxygen atoms in total. The van der Waals surface area contributed by atoms with Gasteiger partial charge in [0.1, 0.15) is 11.4 Å². The first-order valence-corrected chi connectivity index (χ1v) is 5.54. The fourth-order valence-electron chi connectivity index (χ4n) is 2.18. The van der Waals surface area contributed by atoms with Crippen molar-refractivity contribution in [3.05, 3.63) is 35.5 Å². The maximum atomic E-state index is 5.18. The number of rotatable bonds is 1. The van der Waals surface area contributed by atoms with Gasteiger partial charge in [0.15, 0.2) is 0 Å². The average Bonchev–Trinajstić information content (AvgIpc) is 2.80. The molecule has 0 aliphatic heterocycles. The number of aryl methyl sites for hydroxylation is 3. The van der Waals surface area contributed by atoms with E-state index < -0.39 is 0 Å². The van der Waals surface area contributed by atoms with E-state index >= 15 is 0 Å². The van der Waals surface area contributed by atoms with Crippen molar-refractivity contribution in [2.45, 2.75) is 20.8 Å². The van der Waals surface area contributed by atoms with E-state index in [1.54, 1.807) is 0 Å². The van der Waals surface area contributed by atoms with E-state index in [1.165, 1.54) is 0 Å². The molecule has 4 heteroatoms. The first kappa shape index (κ1) is 10.1. The molecule has 3 aromatic rings. The third kappa shape index (κ3) is 1.53. The lowest BCUT2D eigenvalue weighted by atomic mass is 10.1. The zero-order valence-electron chi connectivity index (χ0n) is 10.0. The molecule has 0 amide bonds. The Morgan fingerprint density at radius 2 is 2.00 bits per heavy atom. The minimum absolute atomic E-state index is 0.830. The van der Waals surface area contributed by atoms with Crippen LogP contribution >= 0.6 is 0 Å². The van der Waals surface area contributed by atoms with E-state index in [0.29, 0.717) is 0 Å². The summed E-state index contributed by atoms with van der Waals surface area (Å²) in [4.78, 5) is 7.63. The number of nitrogens with zero attached hydrogens (tertiary/aromatic N) is 2. The van der Waals surface area contributed by atoms with Gasteiger partial charge >= 0.3 is 0 Å². The van der Waals surface area contributed by atoms with E-state index in [2.05, 4.69) is 27.3 Å². The maximum Gasteiger partial charge on any atom is 0.141 e. The highest BCUT2D eigenvalue weighted by atomic mass is 16.5. The van der Waals surface area contributed by atoms with Gasteiger partial charge in [0.2, 0.25) is 0 Å². The van der Waals surface area contributed by atoms with Gasteiger partial charge in [-0.15, -0.1) is 0 Å². The first-order chi connectivity index (χ1) is 8.15. The fraction of sp³-hybridized carbons (Fsp3) is 0.231.